The van der Waals surface area contributed by atoms with E-state index in [0.29, 0.717) is 0 Å². The SMILES string of the molecule is CCNC(C)(C)C(=O)NC(C)CN1CCCCC1. The summed E-state index contributed by atoms with van der Waals surface area (Å²) in [6.45, 7) is 12.1. The number of rotatable bonds is 6. The molecule has 1 unspecified atom stereocenters. The first-order valence-corrected chi connectivity index (χ1v) is 7.24. The standard InChI is InChI=1S/C14H29N3O/c1-5-15-14(3,4)13(18)16-12(2)11-17-9-7-6-8-10-17/h12,15H,5-11H2,1-4H3,(H,16,18). The third kappa shape index (κ3) is 4.94. The highest BCUT2D eigenvalue weighted by Crippen LogP contribution is 2.09. The van der Waals surface area contributed by atoms with E-state index in [-0.39, 0.29) is 11.9 Å². The van der Waals surface area contributed by atoms with E-state index < -0.39 is 5.54 Å². The fourth-order valence-corrected chi connectivity index (χ4v) is 2.50. The van der Waals surface area contributed by atoms with Crippen LogP contribution in [0.15, 0.2) is 0 Å². The fraction of sp³-hybridized carbons (Fsp3) is 0.929. The van der Waals surface area contributed by atoms with Gasteiger partial charge in [0.05, 0.1) is 5.54 Å². The summed E-state index contributed by atoms with van der Waals surface area (Å²) in [4.78, 5) is 14.6. The first-order valence-electron chi connectivity index (χ1n) is 7.24. The van der Waals surface area contributed by atoms with E-state index in [2.05, 4.69) is 22.5 Å². The third-order valence-electron chi connectivity index (χ3n) is 3.54. The van der Waals surface area contributed by atoms with Crippen molar-refractivity contribution in [1.29, 1.82) is 0 Å². The van der Waals surface area contributed by atoms with Crippen molar-refractivity contribution >= 4 is 5.91 Å². The summed E-state index contributed by atoms with van der Waals surface area (Å²) in [7, 11) is 0. The van der Waals surface area contributed by atoms with Crippen LogP contribution in [0, 0.1) is 0 Å². The van der Waals surface area contributed by atoms with Crippen molar-refractivity contribution in [1.82, 2.24) is 15.5 Å². The predicted octanol–water partition coefficient (Wildman–Crippen LogP) is 1.37. The van der Waals surface area contributed by atoms with Crippen molar-refractivity contribution in [3.05, 3.63) is 0 Å². The molecule has 0 spiro atoms. The molecule has 0 saturated carbocycles. The quantitative estimate of drug-likeness (QED) is 0.753. The van der Waals surface area contributed by atoms with Gasteiger partial charge in [-0.05, 0) is 53.2 Å². The van der Waals surface area contributed by atoms with Gasteiger partial charge >= 0.3 is 0 Å². The number of amides is 1. The highest BCUT2D eigenvalue weighted by atomic mass is 16.2. The highest BCUT2D eigenvalue weighted by Gasteiger charge is 2.27. The minimum atomic E-state index is -0.481. The molecule has 1 atom stereocenters. The van der Waals surface area contributed by atoms with Crippen molar-refractivity contribution < 1.29 is 4.79 Å². The highest BCUT2D eigenvalue weighted by molar-refractivity contribution is 5.85. The molecule has 0 aromatic rings. The average Bonchev–Trinajstić information content (AvgIpc) is 2.29. The molecule has 106 valence electrons. The van der Waals surface area contributed by atoms with Gasteiger partial charge in [-0.2, -0.15) is 0 Å². The summed E-state index contributed by atoms with van der Waals surface area (Å²) < 4.78 is 0. The van der Waals surface area contributed by atoms with Gasteiger partial charge in [-0.1, -0.05) is 13.3 Å². The normalized spacial score (nSPS) is 19.6. The van der Waals surface area contributed by atoms with Crippen LogP contribution in [0.2, 0.25) is 0 Å². The predicted molar refractivity (Wildman–Crippen MR) is 75.7 cm³/mol. The zero-order valence-electron chi connectivity index (χ0n) is 12.4. The second-order valence-electron chi connectivity index (χ2n) is 5.89. The van der Waals surface area contributed by atoms with E-state index >= 15 is 0 Å². The van der Waals surface area contributed by atoms with Gasteiger partial charge in [0.2, 0.25) is 5.91 Å². The third-order valence-corrected chi connectivity index (χ3v) is 3.54. The maximum absolute atomic E-state index is 12.1. The molecule has 0 bridgehead atoms. The summed E-state index contributed by atoms with van der Waals surface area (Å²) >= 11 is 0. The summed E-state index contributed by atoms with van der Waals surface area (Å²) in [5, 5.41) is 6.31. The van der Waals surface area contributed by atoms with Gasteiger partial charge in [0, 0.05) is 12.6 Å². The van der Waals surface area contributed by atoms with Crippen LogP contribution >= 0.6 is 0 Å². The largest absolute Gasteiger partial charge is 0.351 e. The maximum Gasteiger partial charge on any atom is 0.239 e. The van der Waals surface area contributed by atoms with E-state index in [4.69, 9.17) is 0 Å². The van der Waals surface area contributed by atoms with Crippen LogP contribution in [0.5, 0.6) is 0 Å². The lowest BCUT2D eigenvalue weighted by Crippen LogP contribution is -2.56. The first kappa shape index (κ1) is 15.4. The van der Waals surface area contributed by atoms with Crippen LogP contribution in [-0.4, -0.2) is 48.6 Å². The van der Waals surface area contributed by atoms with Crippen LogP contribution < -0.4 is 10.6 Å². The van der Waals surface area contributed by atoms with Crippen molar-refractivity contribution in [2.24, 2.45) is 0 Å². The van der Waals surface area contributed by atoms with Gasteiger partial charge in [-0.25, -0.2) is 0 Å². The summed E-state index contributed by atoms with van der Waals surface area (Å²) in [5.41, 5.74) is -0.481. The lowest BCUT2D eigenvalue weighted by Gasteiger charge is -2.31. The van der Waals surface area contributed by atoms with Gasteiger partial charge in [-0.3, -0.25) is 4.79 Å². The molecule has 0 aromatic heterocycles. The van der Waals surface area contributed by atoms with Crippen molar-refractivity contribution in [2.45, 2.75) is 58.5 Å². The van der Waals surface area contributed by atoms with Gasteiger partial charge in [0.15, 0.2) is 0 Å². The molecular weight excluding hydrogens is 226 g/mol. The number of carbonyl (C=O) groups is 1. The van der Waals surface area contributed by atoms with Crippen LogP contribution in [0.4, 0.5) is 0 Å². The Morgan fingerprint density at radius 1 is 1.28 bits per heavy atom. The zero-order chi connectivity index (χ0) is 13.6. The van der Waals surface area contributed by atoms with E-state index in [9.17, 15) is 4.79 Å². The molecule has 0 aliphatic carbocycles. The molecule has 1 heterocycles. The molecule has 2 N–H and O–H groups in total. The van der Waals surface area contributed by atoms with Crippen molar-refractivity contribution in [2.75, 3.05) is 26.2 Å². The average molecular weight is 255 g/mol. The number of piperidine rings is 1. The van der Waals surface area contributed by atoms with Crippen LogP contribution in [0.3, 0.4) is 0 Å². The fourth-order valence-electron chi connectivity index (χ4n) is 2.50. The topological polar surface area (TPSA) is 44.4 Å². The minimum Gasteiger partial charge on any atom is -0.351 e. The molecule has 0 radical (unpaired) electrons. The van der Waals surface area contributed by atoms with E-state index in [1.165, 1.54) is 32.4 Å². The Morgan fingerprint density at radius 2 is 1.89 bits per heavy atom. The summed E-state index contributed by atoms with van der Waals surface area (Å²) in [6.07, 6.45) is 3.94. The van der Waals surface area contributed by atoms with Crippen molar-refractivity contribution in [3.8, 4) is 0 Å². The zero-order valence-corrected chi connectivity index (χ0v) is 12.4. The molecule has 4 nitrogen and oxygen atoms in total. The van der Waals surface area contributed by atoms with Crippen molar-refractivity contribution in [3.63, 3.8) is 0 Å². The second-order valence-corrected chi connectivity index (χ2v) is 5.89. The van der Waals surface area contributed by atoms with E-state index in [0.717, 1.165) is 13.1 Å². The molecule has 1 aliphatic heterocycles. The Morgan fingerprint density at radius 3 is 2.44 bits per heavy atom. The lowest BCUT2D eigenvalue weighted by molar-refractivity contribution is -0.127. The number of carbonyl (C=O) groups excluding carboxylic acids is 1. The Bertz CT molecular complexity index is 260. The number of hydrogen-bond acceptors (Lipinski definition) is 3. The maximum atomic E-state index is 12.1. The van der Waals surface area contributed by atoms with Crippen LogP contribution in [0.1, 0.15) is 47.0 Å². The monoisotopic (exact) mass is 255 g/mol. The van der Waals surface area contributed by atoms with Crippen LogP contribution in [-0.2, 0) is 4.79 Å². The van der Waals surface area contributed by atoms with Gasteiger partial charge in [0.1, 0.15) is 0 Å². The van der Waals surface area contributed by atoms with Crippen LogP contribution in [0.25, 0.3) is 0 Å². The molecule has 1 amide bonds. The molecule has 4 heteroatoms. The molecule has 1 rings (SSSR count). The second kappa shape index (κ2) is 7.10. The van der Waals surface area contributed by atoms with Gasteiger partial charge in [0.25, 0.3) is 0 Å². The Kier molecular flexibility index (Phi) is 6.09. The number of likely N-dealkylation sites (tertiary alicyclic amines) is 1. The Balaban J connectivity index is 2.34. The number of likely N-dealkylation sites (N-methyl/N-ethyl adjacent to an activating group) is 1. The summed E-state index contributed by atoms with van der Waals surface area (Å²) in [6, 6.07) is 0.216. The lowest BCUT2D eigenvalue weighted by atomic mass is 10.0. The smallest absolute Gasteiger partial charge is 0.239 e. The Labute approximate surface area is 111 Å². The Hall–Kier alpha value is -0.610. The molecular formula is C14H29N3O. The molecule has 18 heavy (non-hydrogen) atoms. The van der Waals surface area contributed by atoms with E-state index in [1.54, 1.807) is 0 Å². The van der Waals surface area contributed by atoms with E-state index in [1.807, 2.05) is 20.8 Å². The van der Waals surface area contributed by atoms with Gasteiger partial charge in [-0.15, -0.1) is 0 Å². The molecule has 1 saturated heterocycles. The number of nitrogens with one attached hydrogen (secondary N) is 2. The molecule has 1 aliphatic rings. The number of nitrogens with zero attached hydrogens (tertiary/aromatic N) is 1. The first-order chi connectivity index (χ1) is 8.45. The molecule has 1 fully saturated rings. The minimum absolute atomic E-state index is 0.0915. The van der Waals surface area contributed by atoms with Gasteiger partial charge < -0.3 is 15.5 Å². The number of hydrogen-bond donors (Lipinski definition) is 2. The molecule has 0 aromatic carbocycles. The summed E-state index contributed by atoms with van der Waals surface area (Å²) in [5.74, 6) is 0.0915.